The van der Waals surface area contributed by atoms with E-state index in [4.69, 9.17) is 5.11 Å². The van der Waals surface area contributed by atoms with Crippen molar-refractivity contribution in [2.45, 2.75) is 0 Å². The van der Waals surface area contributed by atoms with Gasteiger partial charge in [-0.3, -0.25) is 9.59 Å². The summed E-state index contributed by atoms with van der Waals surface area (Å²) in [6.07, 6.45) is 0.672. The molecule has 0 atom stereocenters. The highest BCUT2D eigenvalue weighted by atomic mass is 16.7. The van der Waals surface area contributed by atoms with E-state index in [1.165, 1.54) is 0 Å². The fourth-order valence-electron chi connectivity index (χ4n) is 0.450. The molecule has 0 rings (SSSR count). The van der Waals surface area contributed by atoms with E-state index in [9.17, 15) is 19.7 Å². The minimum atomic E-state index is -1.46. The molecule has 0 aromatic carbocycles. The number of aliphatic carboxylic acids is 1. The predicted molar refractivity (Wildman–Crippen MR) is 36.5 cm³/mol. The lowest BCUT2D eigenvalue weighted by molar-refractivity contribution is -0.631. The Kier molecular flexibility index (Phi) is 3.41. The molecule has 0 spiro atoms. The lowest BCUT2D eigenvalue weighted by Crippen LogP contribution is -2.38. The Hall–Kier alpha value is -1.92. The highest BCUT2D eigenvalue weighted by Gasteiger charge is 2.24. The summed E-state index contributed by atoms with van der Waals surface area (Å²) in [5.74, 6) is -2.51. The summed E-state index contributed by atoms with van der Waals surface area (Å²) >= 11 is 0. The Morgan fingerprint density at radius 3 is 2.42 bits per heavy atom. The first-order valence-electron chi connectivity index (χ1n) is 2.79. The van der Waals surface area contributed by atoms with Crippen molar-refractivity contribution in [2.75, 3.05) is 6.54 Å². The Morgan fingerprint density at radius 1 is 1.67 bits per heavy atom. The Balaban J connectivity index is 4.43. The zero-order valence-electron chi connectivity index (χ0n) is 5.97. The monoisotopic (exact) mass is 174 g/mol. The average molecular weight is 174 g/mol. The van der Waals surface area contributed by atoms with Gasteiger partial charge in [-0.15, -0.1) is 0 Å². The van der Waals surface area contributed by atoms with Crippen molar-refractivity contribution in [3.63, 3.8) is 0 Å². The average Bonchev–Trinajstić information content (AvgIpc) is 1.98. The van der Waals surface area contributed by atoms with Crippen LogP contribution in [0.1, 0.15) is 0 Å². The van der Waals surface area contributed by atoms with Crippen molar-refractivity contribution in [1.82, 2.24) is 5.01 Å². The van der Waals surface area contributed by atoms with Gasteiger partial charge in [-0.25, -0.2) is 10.1 Å². The number of hydrogen-bond donors (Lipinski definition) is 1. The van der Waals surface area contributed by atoms with Gasteiger partial charge < -0.3 is 5.11 Å². The quantitative estimate of drug-likeness (QED) is 0.344. The SMILES string of the molecule is C=CC(=O)N(CC(=O)O)[N+](=O)[O-]. The van der Waals surface area contributed by atoms with Crippen molar-refractivity contribution >= 4 is 11.9 Å². The topological polar surface area (TPSA) is 101 Å². The maximum Gasteiger partial charge on any atom is 0.329 e. The summed E-state index contributed by atoms with van der Waals surface area (Å²) in [7, 11) is 0. The Bertz CT molecular complexity index is 236. The molecule has 7 heteroatoms. The molecule has 0 aliphatic rings. The first kappa shape index (κ1) is 10.1. The molecule has 0 aromatic rings. The van der Waals surface area contributed by atoms with E-state index in [1.54, 1.807) is 0 Å². The molecule has 0 bridgehead atoms. The van der Waals surface area contributed by atoms with Gasteiger partial charge in [0.2, 0.25) is 0 Å². The Morgan fingerprint density at radius 2 is 2.17 bits per heavy atom. The van der Waals surface area contributed by atoms with Crippen molar-refractivity contribution in [1.29, 1.82) is 0 Å². The van der Waals surface area contributed by atoms with Crippen molar-refractivity contribution in [3.8, 4) is 0 Å². The second-order valence-corrected chi connectivity index (χ2v) is 1.73. The van der Waals surface area contributed by atoms with E-state index in [2.05, 4.69) is 6.58 Å². The zero-order chi connectivity index (χ0) is 9.72. The van der Waals surface area contributed by atoms with Crippen molar-refractivity contribution in [3.05, 3.63) is 22.8 Å². The van der Waals surface area contributed by atoms with Gasteiger partial charge in [-0.05, 0) is 5.01 Å². The molecule has 0 fully saturated rings. The summed E-state index contributed by atoms with van der Waals surface area (Å²) in [5, 5.41) is 17.0. The molecule has 0 saturated heterocycles. The second-order valence-electron chi connectivity index (χ2n) is 1.73. The lowest BCUT2D eigenvalue weighted by atomic mass is 10.5. The summed E-state index contributed by atoms with van der Waals surface area (Å²) in [6, 6.07) is 0. The van der Waals surface area contributed by atoms with Gasteiger partial charge in [0, 0.05) is 6.08 Å². The van der Waals surface area contributed by atoms with E-state index in [-0.39, 0.29) is 5.01 Å². The fraction of sp³-hybridized carbons (Fsp3) is 0.200. The minimum Gasteiger partial charge on any atom is -0.480 e. The van der Waals surface area contributed by atoms with Crippen LogP contribution in [0, 0.1) is 10.1 Å². The van der Waals surface area contributed by atoms with Crippen LogP contribution in [0.3, 0.4) is 0 Å². The molecular weight excluding hydrogens is 168 g/mol. The number of carboxylic acids is 1. The van der Waals surface area contributed by atoms with Gasteiger partial charge in [-0.1, -0.05) is 6.58 Å². The third-order valence-electron chi connectivity index (χ3n) is 0.911. The maximum atomic E-state index is 10.6. The number of hydrogen-bond acceptors (Lipinski definition) is 4. The molecular formula is C5H6N2O5. The summed E-state index contributed by atoms with van der Waals surface area (Å²) in [6.45, 7) is 2.01. The van der Waals surface area contributed by atoms with Crippen LogP contribution in [0.2, 0.25) is 0 Å². The normalized spacial score (nSPS) is 8.67. The molecule has 0 unspecified atom stereocenters. The molecule has 1 amide bonds. The lowest BCUT2D eigenvalue weighted by Gasteiger charge is -2.05. The molecule has 0 aliphatic heterocycles. The number of amides is 1. The molecule has 0 radical (unpaired) electrons. The van der Waals surface area contributed by atoms with Crippen LogP contribution in [-0.4, -0.2) is 33.6 Å². The third-order valence-corrected chi connectivity index (χ3v) is 0.911. The van der Waals surface area contributed by atoms with Crippen LogP contribution in [0.25, 0.3) is 0 Å². The molecule has 0 aromatic heterocycles. The largest absolute Gasteiger partial charge is 0.480 e. The van der Waals surface area contributed by atoms with Crippen molar-refractivity contribution in [2.24, 2.45) is 0 Å². The maximum absolute atomic E-state index is 10.6. The zero-order valence-corrected chi connectivity index (χ0v) is 5.97. The number of carbonyl (C=O) groups excluding carboxylic acids is 1. The summed E-state index contributed by atoms with van der Waals surface area (Å²) in [5.41, 5.74) is 0. The Labute approximate surface area is 67.0 Å². The van der Waals surface area contributed by atoms with Crippen LogP contribution in [0.4, 0.5) is 0 Å². The molecule has 7 nitrogen and oxygen atoms in total. The standard InChI is InChI=1S/C5H6N2O5/c1-2-4(8)6(7(11)12)3-5(9)10/h2H,1,3H2,(H,9,10). The number of nitro groups is 1. The molecule has 66 valence electrons. The summed E-state index contributed by atoms with van der Waals surface area (Å²) in [4.78, 5) is 30.6. The highest BCUT2D eigenvalue weighted by molar-refractivity contribution is 5.88. The smallest absolute Gasteiger partial charge is 0.329 e. The first-order valence-corrected chi connectivity index (χ1v) is 2.79. The van der Waals surface area contributed by atoms with Gasteiger partial charge in [0.05, 0.1) is 0 Å². The van der Waals surface area contributed by atoms with Gasteiger partial charge in [-0.2, -0.15) is 0 Å². The number of carboxylic acid groups (broad SMARTS) is 1. The van der Waals surface area contributed by atoms with E-state index >= 15 is 0 Å². The van der Waals surface area contributed by atoms with E-state index in [0.717, 1.165) is 0 Å². The fourth-order valence-corrected chi connectivity index (χ4v) is 0.450. The van der Waals surface area contributed by atoms with Gasteiger partial charge in [0.15, 0.2) is 11.6 Å². The molecule has 0 saturated carbocycles. The predicted octanol–water partition coefficient (Wildman–Crippen LogP) is -0.723. The molecule has 12 heavy (non-hydrogen) atoms. The molecule has 0 heterocycles. The minimum absolute atomic E-state index is 0.0463. The third kappa shape index (κ3) is 2.78. The van der Waals surface area contributed by atoms with Gasteiger partial charge >= 0.3 is 11.9 Å². The van der Waals surface area contributed by atoms with E-state index in [1.807, 2.05) is 0 Å². The van der Waals surface area contributed by atoms with Crippen LogP contribution in [0.5, 0.6) is 0 Å². The number of hydrazine groups is 1. The second kappa shape index (κ2) is 4.06. The number of nitrogens with zero attached hydrogens (tertiary/aromatic N) is 2. The molecule has 1 N–H and O–H groups in total. The van der Waals surface area contributed by atoms with Crippen molar-refractivity contribution < 1.29 is 19.7 Å². The first-order chi connectivity index (χ1) is 5.49. The van der Waals surface area contributed by atoms with Gasteiger partial charge in [0.25, 0.3) is 0 Å². The number of carbonyl (C=O) groups is 2. The summed E-state index contributed by atoms with van der Waals surface area (Å²) < 4.78 is 0. The van der Waals surface area contributed by atoms with Crippen LogP contribution in [0.15, 0.2) is 12.7 Å². The van der Waals surface area contributed by atoms with Crippen LogP contribution < -0.4 is 0 Å². The number of rotatable bonds is 4. The van der Waals surface area contributed by atoms with Crippen LogP contribution in [-0.2, 0) is 9.59 Å². The van der Waals surface area contributed by atoms with Crippen LogP contribution >= 0.6 is 0 Å². The van der Waals surface area contributed by atoms with E-state index in [0.29, 0.717) is 6.08 Å². The highest BCUT2D eigenvalue weighted by Crippen LogP contribution is 1.90. The van der Waals surface area contributed by atoms with Gasteiger partial charge in [0.1, 0.15) is 0 Å². The van der Waals surface area contributed by atoms with E-state index < -0.39 is 23.5 Å². The molecule has 0 aliphatic carbocycles.